The molecule has 0 saturated heterocycles. The summed E-state index contributed by atoms with van der Waals surface area (Å²) in [5.74, 6) is -1.86. The monoisotopic (exact) mass is 331 g/mol. The lowest BCUT2D eigenvalue weighted by Crippen LogP contribution is -2.53. The third-order valence-corrected chi connectivity index (χ3v) is 3.44. The van der Waals surface area contributed by atoms with Crippen molar-refractivity contribution in [1.82, 2.24) is 0 Å². The summed E-state index contributed by atoms with van der Waals surface area (Å²) in [5.41, 5.74) is 7.26. The van der Waals surface area contributed by atoms with Gasteiger partial charge >= 0.3 is 6.18 Å². The minimum Gasteiger partial charge on any atom is -0.476 e. The molecule has 1 aromatic rings. The number of halogens is 3. The number of ether oxygens (including phenoxy) is 1. The van der Waals surface area contributed by atoms with E-state index in [1.54, 1.807) is 0 Å². The van der Waals surface area contributed by atoms with Crippen molar-refractivity contribution < 1.29 is 27.5 Å². The average molecular weight is 331 g/mol. The predicted octanol–water partition coefficient (Wildman–Crippen LogP) is 1.27. The molecule has 1 aliphatic rings. The van der Waals surface area contributed by atoms with E-state index in [0.717, 1.165) is 6.07 Å². The normalized spacial score (nSPS) is 16.8. The molecular weight excluding hydrogens is 315 g/mol. The molecule has 2 rings (SSSR count). The minimum atomic E-state index is -4.78. The van der Waals surface area contributed by atoms with E-state index in [1.807, 2.05) is 0 Å². The van der Waals surface area contributed by atoms with Crippen LogP contribution in [0.1, 0.15) is 29.8 Å². The van der Waals surface area contributed by atoms with Crippen LogP contribution in [0.2, 0.25) is 0 Å². The third-order valence-electron chi connectivity index (χ3n) is 3.44. The molecule has 0 atom stereocenters. The summed E-state index contributed by atoms with van der Waals surface area (Å²) in [6.07, 6.45) is -4.78. The molecule has 9 heteroatoms. The van der Waals surface area contributed by atoms with Crippen LogP contribution in [0, 0.1) is 0 Å². The summed E-state index contributed by atoms with van der Waals surface area (Å²) in [6.45, 7) is 3.05. The number of hydrogen-bond acceptors (Lipinski definition) is 4. The van der Waals surface area contributed by atoms with Gasteiger partial charge in [0.05, 0.1) is 16.8 Å². The quantitative estimate of drug-likeness (QED) is 0.871. The van der Waals surface area contributed by atoms with Crippen molar-refractivity contribution in [2.24, 2.45) is 11.5 Å². The van der Waals surface area contributed by atoms with E-state index in [4.69, 9.17) is 16.2 Å². The molecule has 23 heavy (non-hydrogen) atoms. The summed E-state index contributed by atoms with van der Waals surface area (Å²) < 4.78 is 44.8. The molecule has 1 aromatic carbocycles. The number of benzene rings is 1. The Labute approximate surface area is 130 Å². The van der Waals surface area contributed by atoms with Gasteiger partial charge in [0, 0.05) is 13.1 Å². The van der Waals surface area contributed by atoms with Crippen molar-refractivity contribution >= 4 is 17.5 Å². The third kappa shape index (κ3) is 2.96. The van der Waals surface area contributed by atoms with Gasteiger partial charge in [-0.3, -0.25) is 9.59 Å². The van der Waals surface area contributed by atoms with Crippen LogP contribution in [0.3, 0.4) is 0 Å². The first-order chi connectivity index (χ1) is 10.5. The molecule has 0 bridgehead atoms. The maximum atomic E-state index is 13.1. The van der Waals surface area contributed by atoms with Crippen molar-refractivity contribution in [2.75, 3.05) is 18.0 Å². The molecule has 1 aliphatic heterocycles. The highest BCUT2D eigenvalue weighted by Gasteiger charge is 2.43. The first kappa shape index (κ1) is 17.1. The van der Waals surface area contributed by atoms with Crippen LogP contribution in [0.25, 0.3) is 0 Å². The topological polar surface area (TPSA) is 98.7 Å². The number of nitrogens with two attached hydrogens (primary N) is 2. The highest BCUT2D eigenvalue weighted by molar-refractivity contribution is 6.04. The van der Waals surface area contributed by atoms with Gasteiger partial charge in [0.2, 0.25) is 5.91 Å². The Bertz CT molecular complexity index is 671. The van der Waals surface area contributed by atoms with Gasteiger partial charge in [-0.15, -0.1) is 0 Å². The Hall–Kier alpha value is -2.29. The number of fused-ring (bicyclic) bond motifs is 1. The van der Waals surface area contributed by atoms with Crippen molar-refractivity contribution in [3.63, 3.8) is 0 Å². The first-order valence-corrected chi connectivity index (χ1v) is 6.75. The largest absolute Gasteiger partial charge is 0.476 e. The summed E-state index contributed by atoms with van der Waals surface area (Å²) in [4.78, 5) is 25.0. The maximum absolute atomic E-state index is 13.1. The van der Waals surface area contributed by atoms with Crippen LogP contribution >= 0.6 is 0 Å². The SMILES string of the molecule is CC1(C)Oc2cc(C(F)(F)F)c(C(N)=O)cc2N(CCN)C1=O. The Balaban J connectivity index is 2.72. The zero-order valence-electron chi connectivity index (χ0n) is 12.5. The number of alkyl halides is 3. The van der Waals surface area contributed by atoms with Gasteiger partial charge in [0.1, 0.15) is 5.75 Å². The fourth-order valence-electron chi connectivity index (χ4n) is 2.40. The van der Waals surface area contributed by atoms with Crippen molar-refractivity contribution in [2.45, 2.75) is 25.6 Å². The van der Waals surface area contributed by atoms with Gasteiger partial charge in [-0.1, -0.05) is 0 Å². The molecule has 126 valence electrons. The molecule has 0 fully saturated rings. The lowest BCUT2D eigenvalue weighted by molar-refractivity contribution is -0.138. The van der Waals surface area contributed by atoms with Gasteiger partial charge in [-0.05, 0) is 26.0 Å². The molecule has 2 amide bonds. The molecule has 0 saturated carbocycles. The molecule has 0 radical (unpaired) electrons. The van der Waals surface area contributed by atoms with E-state index in [9.17, 15) is 22.8 Å². The number of primary amides is 1. The fraction of sp³-hybridized carbons (Fsp3) is 0.429. The number of hydrogen-bond donors (Lipinski definition) is 2. The van der Waals surface area contributed by atoms with Crippen molar-refractivity contribution in [3.05, 3.63) is 23.3 Å². The number of anilines is 1. The highest BCUT2D eigenvalue weighted by Crippen LogP contribution is 2.43. The Kier molecular flexibility index (Phi) is 4.02. The smallest absolute Gasteiger partial charge is 0.417 e. The number of rotatable bonds is 3. The van der Waals surface area contributed by atoms with E-state index in [-0.39, 0.29) is 24.5 Å². The first-order valence-electron chi connectivity index (χ1n) is 6.75. The molecule has 0 spiro atoms. The maximum Gasteiger partial charge on any atom is 0.417 e. The second-order valence-corrected chi connectivity index (χ2v) is 5.59. The lowest BCUT2D eigenvalue weighted by atomic mass is 9.99. The zero-order valence-corrected chi connectivity index (χ0v) is 12.5. The Morgan fingerprint density at radius 1 is 1.35 bits per heavy atom. The van der Waals surface area contributed by atoms with Gasteiger partial charge in [-0.25, -0.2) is 0 Å². The molecule has 4 N–H and O–H groups in total. The summed E-state index contributed by atoms with van der Waals surface area (Å²) >= 11 is 0. The number of carbonyl (C=O) groups is 2. The molecular formula is C14H16F3N3O3. The van der Waals surface area contributed by atoms with E-state index < -0.39 is 34.7 Å². The van der Waals surface area contributed by atoms with Crippen LogP contribution in [0.4, 0.5) is 18.9 Å². The van der Waals surface area contributed by atoms with E-state index in [1.165, 1.54) is 18.7 Å². The Morgan fingerprint density at radius 3 is 2.43 bits per heavy atom. The second kappa shape index (κ2) is 5.41. The van der Waals surface area contributed by atoms with Crippen LogP contribution in [-0.4, -0.2) is 30.5 Å². The van der Waals surface area contributed by atoms with Gasteiger partial charge < -0.3 is 21.1 Å². The van der Waals surface area contributed by atoms with Crippen LogP contribution in [0.15, 0.2) is 12.1 Å². The summed E-state index contributed by atoms with van der Waals surface area (Å²) in [6, 6.07) is 1.61. The van der Waals surface area contributed by atoms with Gasteiger partial charge in [0.25, 0.3) is 5.91 Å². The number of amides is 2. The summed E-state index contributed by atoms with van der Waals surface area (Å²) in [5, 5.41) is 0. The molecule has 6 nitrogen and oxygen atoms in total. The zero-order chi connectivity index (χ0) is 17.6. The van der Waals surface area contributed by atoms with Crippen LogP contribution in [0.5, 0.6) is 5.75 Å². The number of carbonyl (C=O) groups excluding carboxylic acids is 2. The van der Waals surface area contributed by atoms with Gasteiger partial charge in [-0.2, -0.15) is 13.2 Å². The predicted molar refractivity (Wildman–Crippen MR) is 76.1 cm³/mol. The highest BCUT2D eigenvalue weighted by atomic mass is 19.4. The summed E-state index contributed by atoms with van der Waals surface area (Å²) in [7, 11) is 0. The van der Waals surface area contributed by atoms with E-state index >= 15 is 0 Å². The number of nitrogens with zero attached hydrogens (tertiary/aromatic N) is 1. The molecule has 1 heterocycles. The molecule has 0 aromatic heterocycles. The second-order valence-electron chi connectivity index (χ2n) is 5.59. The lowest BCUT2D eigenvalue weighted by Gasteiger charge is -2.39. The molecule has 0 aliphatic carbocycles. The standard InChI is InChI=1S/C14H16F3N3O3/c1-13(2)12(22)20(4-3-18)9-5-7(11(19)21)8(14(15,16)17)6-10(9)23-13/h5-6H,3-4,18H2,1-2H3,(H2,19,21). The Morgan fingerprint density at radius 2 is 1.96 bits per heavy atom. The molecule has 0 unspecified atom stereocenters. The minimum absolute atomic E-state index is 0.0431. The fourth-order valence-corrected chi connectivity index (χ4v) is 2.40. The van der Waals surface area contributed by atoms with Crippen molar-refractivity contribution in [1.29, 1.82) is 0 Å². The van der Waals surface area contributed by atoms with E-state index in [2.05, 4.69) is 0 Å². The van der Waals surface area contributed by atoms with Gasteiger partial charge in [0.15, 0.2) is 5.60 Å². The van der Waals surface area contributed by atoms with Crippen LogP contribution < -0.4 is 21.1 Å². The van der Waals surface area contributed by atoms with Crippen LogP contribution in [-0.2, 0) is 11.0 Å². The average Bonchev–Trinajstić information content (AvgIpc) is 2.41. The van der Waals surface area contributed by atoms with Crippen molar-refractivity contribution in [3.8, 4) is 5.75 Å². The van der Waals surface area contributed by atoms with E-state index in [0.29, 0.717) is 6.07 Å².